The Balaban J connectivity index is 1.84. The van der Waals surface area contributed by atoms with Crippen molar-refractivity contribution in [3.8, 4) is 11.5 Å². The second-order valence-corrected chi connectivity index (χ2v) is 10.5. The normalized spacial score (nSPS) is 11.6. The number of methoxy groups -OCH3 is 2. The minimum Gasteiger partial charge on any atom is -0.497 e. The van der Waals surface area contributed by atoms with Crippen LogP contribution >= 0.6 is 11.8 Å². The van der Waals surface area contributed by atoms with Crippen LogP contribution < -0.4 is 14.8 Å². The maximum absolute atomic E-state index is 13.7. The molecule has 2 amide bonds. The number of thioether (sulfide) groups is 1. The molecular weight excluding hydrogens is 496 g/mol. The Hall–Kier alpha value is -3.45. The third kappa shape index (κ3) is 9.14. The van der Waals surface area contributed by atoms with Gasteiger partial charge in [0, 0.05) is 25.3 Å². The van der Waals surface area contributed by atoms with E-state index in [1.165, 1.54) is 11.8 Å². The van der Waals surface area contributed by atoms with Crippen molar-refractivity contribution in [2.75, 3.05) is 26.5 Å². The summed E-state index contributed by atoms with van der Waals surface area (Å²) in [5.41, 5.74) is 3.03. The Morgan fingerprint density at radius 3 is 2.18 bits per heavy atom. The molecule has 0 spiro atoms. The number of ether oxygens (including phenoxy) is 2. The number of hydrogen-bond acceptors (Lipinski definition) is 5. The van der Waals surface area contributed by atoms with Gasteiger partial charge in [0.2, 0.25) is 11.8 Å². The molecule has 0 aliphatic rings. The lowest BCUT2D eigenvalue weighted by atomic mass is 10.0. The maximum Gasteiger partial charge on any atom is 0.243 e. The summed E-state index contributed by atoms with van der Waals surface area (Å²) < 4.78 is 10.6. The van der Waals surface area contributed by atoms with E-state index in [0.29, 0.717) is 36.9 Å². The van der Waals surface area contributed by atoms with Gasteiger partial charge in [-0.1, -0.05) is 68.4 Å². The Morgan fingerprint density at radius 2 is 1.53 bits per heavy atom. The van der Waals surface area contributed by atoms with Crippen LogP contribution in [0.1, 0.15) is 30.5 Å². The van der Waals surface area contributed by atoms with Crippen LogP contribution in [0.5, 0.6) is 11.5 Å². The van der Waals surface area contributed by atoms with Gasteiger partial charge in [-0.25, -0.2) is 0 Å². The summed E-state index contributed by atoms with van der Waals surface area (Å²) >= 11 is 1.54. The number of benzene rings is 3. The topological polar surface area (TPSA) is 67.9 Å². The minimum atomic E-state index is -0.642. The number of hydrogen-bond donors (Lipinski definition) is 1. The van der Waals surface area contributed by atoms with Crippen molar-refractivity contribution in [1.29, 1.82) is 0 Å². The van der Waals surface area contributed by atoms with Crippen molar-refractivity contribution in [2.24, 2.45) is 5.92 Å². The minimum absolute atomic E-state index is 0.0769. The number of carbonyl (C=O) groups excluding carboxylic acids is 2. The highest BCUT2D eigenvalue weighted by atomic mass is 32.2. The number of rotatable bonds is 14. The molecule has 1 N–H and O–H groups in total. The quantitative estimate of drug-likeness (QED) is 0.302. The predicted octanol–water partition coefficient (Wildman–Crippen LogP) is 5.35. The summed E-state index contributed by atoms with van der Waals surface area (Å²) in [6.07, 6.45) is 0.434. The summed E-state index contributed by atoms with van der Waals surface area (Å²) in [6, 6.07) is 24.7. The average molecular weight is 535 g/mol. The first-order valence-electron chi connectivity index (χ1n) is 12.8. The summed E-state index contributed by atoms with van der Waals surface area (Å²) in [5.74, 6) is 2.55. The monoisotopic (exact) mass is 534 g/mol. The van der Waals surface area contributed by atoms with Crippen molar-refractivity contribution >= 4 is 23.6 Å². The first-order chi connectivity index (χ1) is 18.4. The summed E-state index contributed by atoms with van der Waals surface area (Å²) in [6.45, 7) is 4.98. The summed E-state index contributed by atoms with van der Waals surface area (Å²) in [5, 5.41) is 3.06. The fourth-order valence-corrected chi connectivity index (χ4v) is 4.88. The van der Waals surface area contributed by atoms with Gasteiger partial charge in [-0.3, -0.25) is 9.59 Å². The molecule has 3 aromatic rings. The Kier molecular flexibility index (Phi) is 11.6. The zero-order valence-corrected chi connectivity index (χ0v) is 23.5. The molecule has 202 valence electrons. The standard InChI is InChI=1S/C31H38N2O4S/c1-23(2)19-32-31(35)29(18-24-9-6-5-7-10-24)33(20-26-11-8-12-28(17-26)37-4)30(34)22-38-21-25-13-15-27(36-3)16-14-25/h5-17,23,29H,18-22H2,1-4H3,(H,32,35). The highest BCUT2D eigenvalue weighted by molar-refractivity contribution is 7.99. The predicted molar refractivity (Wildman–Crippen MR) is 154 cm³/mol. The number of nitrogens with zero attached hydrogens (tertiary/aromatic N) is 1. The van der Waals surface area contributed by atoms with E-state index in [1.807, 2.05) is 78.9 Å². The molecule has 0 saturated heterocycles. The molecule has 1 unspecified atom stereocenters. The molecule has 6 nitrogen and oxygen atoms in total. The van der Waals surface area contributed by atoms with E-state index >= 15 is 0 Å². The Labute approximate surface area is 230 Å². The molecule has 0 aliphatic heterocycles. The molecule has 0 aliphatic carbocycles. The van der Waals surface area contributed by atoms with Gasteiger partial charge in [-0.2, -0.15) is 0 Å². The van der Waals surface area contributed by atoms with Gasteiger partial charge in [-0.15, -0.1) is 11.8 Å². The number of carbonyl (C=O) groups is 2. The molecule has 0 saturated carbocycles. The lowest BCUT2D eigenvalue weighted by Crippen LogP contribution is -2.51. The molecule has 0 radical (unpaired) electrons. The van der Waals surface area contributed by atoms with Crippen molar-refractivity contribution in [3.63, 3.8) is 0 Å². The molecule has 0 bridgehead atoms. The zero-order valence-electron chi connectivity index (χ0n) is 22.7. The molecule has 1 atom stereocenters. The van der Waals surface area contributed by atoms with Gasteiger partial charge >= 0.3 is 0 Å². The molecule has 0 aromatic heterocycles. The van der Waals surface area contributed by atoms with Gasteiger partial charge in [0.05, 0.1) is 20.0 Å². The molecule has 3 aromatic carbocycles. The van der Waals surface area contributed by atoms with E-state index in [9.17, 15) is 9.59 Å². The van der Waals surface area contributed by atoms with Crippen LogP contribution in [-0.4, -0.2) is 49.3 Å². The SMILES string of the molecule is COc1ccc(CSCC(=O)N(Cc2cccc(OC)c2)C(Cc2ccccc2)C(=O)NCC(C)C)cc1. The summed E-state index contributed by atoms with van der Waals surface area (Å²) in [7, 11) is 3.26. The molecule has 38 heavy (non-hydrogen) atoms. The third-order valence-electron chi connectivity index (χ3n) is 6.10. The number of amides is 2. The lowest BCUT2D eigenvalue weighted by Gasteiger charge is -2.32. The van der Waals surface area contributed by atoms with Crippen LogP contribution in [0.3, 0.4) is 0 Å². The van der Waals surface area contributed by atoms with E-state index in [1.54, 1.807) is 19.1 Å². The molecule has 0 heterocycles. The van der Waals surface area contributed by atoms with Crippen LogP contribution in [0.2, 0.25) is 0 Å². The first-order valence-corrected chi connectivity index (χ1v) is 14.0. The second kappa shape index (κ2) is 15.1. The highest BCUT2D eigenvalue weighted by Gasteiger charge is 2.30. The van der Waals surface area contributed by atoms with E-state index < -0.39 is 6.04 Å². The van der Waals surface area contributed by atoms with Crippen LogP contribution in [0.15, 0.2) is 78.9 Å². The zero-order chi connectivity index (χ0) is 27.3. The molecular formula is C31H38N2O4S. The van der Waals surface area contributed by atoms with Crippen LogP contribution in [0.25, 0.3) is 0 Å². The largest absolute Gasteiger partial charge is 0.497 e. The molecule has 3 rings (SSSR count). The van der Waals surface area contributed by atoms with Gasteiger partial charge in [-0.05, 0) is 46.9 Å². The van der Waals surface area contributed by atoms with Crippen molar-refractivity contribution in [3.05, 3.63) is 95.6 Å². The molecule has 0 fully saturated rings. The first kappa shape index (κ1) is 29.1. The lowest BCUT2D eigenvalue weighted by molar-refractivity contribution is -0.139. The third-order valence-corrected chi connectivity index (χ3v) is 7.08. The van der Waals surface area contributed by atoms with Crippen molar-refractivity contribution in [2.45, 2.75) is 38.6 Å². The Bertz CT molecular complexity index is 1150. The smallest absolute Gasteiger partial charge is 0.243 e. The fraction of sp³-hybridized carbons (Fsp3) is 0.355. The van der Waals surface area contributed by atoms with E-state index in [4.69, 9.17) is 9.47 Å². The van der Waals surface area contributed by atoms with Crippen LogP contribution in [-0.2, 0) is 28.3 Å². The fourth-order valence-electron chi connectivity index (χ4n) is 4.00. The van der Waals surface area contributed by atoms with E-state index in [0.717, 1.165) is 22.4 Å². The number of nitrogens with one attached hydrogen (secondary N) is 1. The van der Waals surface area contributed by atoms with E-state index in [-0.39, 0.29) is 17.6 Å². The second-order valence-electron chi connectivity index (χ2n) is 9.56. The average Bonchev–Trinajstić information content (AvgIpc) is 2.94. The Morgan fingerprint density at radius 1 is 0.842 bits per heavy atom. The van der Waals surface area contributed by atoms with Crippen LogP contribution in [0, 0.1) is 5.92 Å². The van der Waals surface area contributed by atoms with Crippen molar-refractivity contribution in [1.82, 2.24) is 10.2 Å². The van der Waals surface area contributed by atoms with Gasteiger partial charge in [0.1, 0.15) is 17.5 Å². The summed E-state index contributed by atoms with van der Waals surface area (Å²) in [4.78, 5) is 29.0. The maximum atomic E-state index is 13.7. The highest BCUT2D eigenvalue weighted by Crippen LogP contribution is 2.21. The van der Waals surface area contributed by atoms with Gasteiger partial charge in [0.25, 0.3) is 0 Å². The van der Waals surface area contributed by atoms with E-state index in [2.05, 4.69) is 19.2 Å². The van der Waals surface area contributed by atoms with Crippen LogP contribution in [0.4, 0.5) is 0 Å². The molecule has 7 heteroatoms. The van der Waals surface area contributed by atoms with Gasteiger partial charge in [0.15, 0.2) is 0 Å². The van der Waals surface area contributed by atoms with Crippen molar-refractivity contribution < 1.29 is 19.1 Å². The van der Waals surface area contributed by atoms with Gasteiger partial charge < -0.3 is 19.7 Å².